The van der Waals surface area contributed by atoms with Crippen molar-refractivity contribution in [3.05, 3.63) is 82.3 Å². The number of hydrogen-bond acceptors (Lipinski definition) is 10. The van der Waals surface area contributed by atoms with Crippen molar-refractivity contribution in [3.63, 3.8) is 0 Å². The molecule has 174 valence electrons. The molecule has 0 fully saturated rings. The molecule has 0 radical (unpaired) electrons. The van der Waals surface area contributed by atoms with Crippen LogP contribution < -0.4 is 10.6 Å². The number of allylic oxidation sites excluding steroid dienone is 1. The number of methoxy groups -OCH3 is 3. The topological polar surface area (TPSA) is 152 Å². The number of nitrogens with zero attached hydrogens (tertiary/aromatic N) is 2. The summed E-state index contributed by atoms with van der Waals surface area (Å²) in [6, 6.07) is 14.5. The molecule has 1 atom stereocenters. The lowest BCUT2D eigenvalue weighted by molar-refractivity contribution is -0.139. The van der Waals surface area contributed by atoms with E-state index in [2.05, 4.69) is 4.74 Å². The first-order valence-corrected chi connectivity index (χ1v) is 9.88. The number of ether oxygens (including phenoxy) is 3. The number of rotatable bonds is 5. The van der Waals surface area contributed by atoms with Crippen molar-refractivity contribution >= 4 is 23.6 Å². The smallest absolute Gasteiger partial charge is 0.355 e. The van der Waals surface area contributed by atoms with Gasteiger partial charge in [-0.05, 0) is 17.7 Å². The number of para-hydroxylation sites is 1. The van der Waals surface area contributed by atoms with E-state index in [1.54, 1.807) is 30.3 Å². The number of nitriles is 1. The number of anilines is 1. The maximum atomic E-state index is 13.0. The molecule has 0 amide bonds. The van der Waals surface area contributed by atoms with Crippen molar-refractivity contribution < 1.29 is 33.7 Å². The molecule has 10 nitrogen and oxygen atoms in total. The van der Waals surface area contributed by atoms with E-state index in [9.17, 15) is 24.8 Å². The second kappa shape index (κ2) is 9.79. The number of phenols is 1. The number of carbonyl (C=O) groups excluding carboxylic acids is 3. The van der Waals surface area contributed by atoms with Gasteiger partial charge in [0.05, 0.1) is 50.2 Å². The molecule has 0 saturated heterocycles. The van der Waals surface area contributed by atoms with Crippen molar-refractivity contribution in [3.8, 4) is 11.8 Å². The Morgan fingerprint density at radius 1 is 0.941 bits per heavy atom. The Morgan fingerprint density at radius 2 is 1.56 bits per heavy atom. The SMILES string of the molecule is COC(=O)C1=C(C(=O)OC)N(c2cccc(C(=O)OC)c2O)C(N)=C(C#N)C1c1ccccc1. The number of phenolic OH excluding ortho intramolecular Hbond substituents is 1. The van der Waals surface area contributed by atoms with Crippen LogP contribution in [0.2, 0.25) is 0 Å². The maximum absolute atomic E-state index is 13.0. The summed E-state index contributed by atoms with van der Waals surface area (Å²) in [4.78, 5) is 39.2. The van der Waals surface area contributed by atoms with Crippen LogP contribution in [0.4, 0.5) is 5.69 Å². The van der Waals surface area contributed by atoms with Gasteiger partial charge in [-0.2, -0.15) is 5.26 Å². The minimum atomic E-state index is -1.06. The number of nitrogens with two attached hydrogens (primary N) is 1. The Bertz CT molecular complexity index is 1260. The van der Waals surface area contributed by atoms with Gasteiger partial charge in [-0.25, -0.2) is 14.4 Å². The van der Waals surface area contributed by atoms with Crippen LogP contribution in [0.25, 0.3) is 0 Å². The molecule has 0 aromatic heterocycles. The third-order valence-corrected chi connectivity index (χ3v) is 5.27. The summed E-state index contributed by atoms with van der Waals surface area (Å²) in [5.41, 5.74) is 5.81. The fourth-order valence-corrected chi connectivity index (χ4v) is 3.75. The molecule has 10 heteroatoms. The van der Waals surface area contributed by atoms with Gasteiger partial charge >= 0.3 is 17.9 Å². The molecule has 1 unspecified atom stereocenters. The van der Waals surface area contributed by atoms with E-state index in [4.69, 9.17) is 15.2 Å². The first kappa shape index (κ1) is 23.9. The molecular weight excluding hydrogens is 442 g/mol. The molecule has 0 spiro atoms. The van der Waals surface area contributed by atoms with Crippen LogP contribution in [-0.2, 0) is 23.8 Å². The minimum absolute atomic E-state index is 0.0814. The van der Waals surface area contributed by atoms with Gasteiger partial charge in [0.25, 0.3) is 0 Å². The number of carbonyl (C=O) groups is 3. The number of benzene rings is 2. The standard InChI is InChI=1S/C24H21N3O7/c1-32-22(29)14-10-7-11-16(20(14)28)27-19(24(31)34-3)18(23(30)33-2)17(15(12-25)21(27)26)13-8-5-4-6-9-13/h4-11,17,28H,26H2,1-3H3. The Labute approximate surface area is 195 Å². The highest BCUT2D eigenvalue weighted by Crippen LogP contribution is 2.45. The minimum Gasteiger partial charge on any atom is -0.505 e. The van der Waals surface area contributed by atoms with Crippen LogP contribution >= 0.6 is 0 Å². The average Bonchev–Trinajstić information content (AvgIpc) is 2.87. The quantitative estimate of drug-likeness (QED) is 0.498. The molecule has 0 aliphatic carbocycles. The highest BCUT2D eigenvalue weighted by Gasteiger charge is 2.43. The summed E-state index contributed by atoms with van der Waals surface area (Å²) in [6.07, 6.45) is 0. The van der Waals surface area contributed by atoms with Crippen molar-refractivity contribution in [1.29, 1.82) is 5.26 Å². The summed E-state index contributed by atoms with van der Waals surface area (Å²) < 4.78 is 14.6. The maximum Gasteiger partial charge on any atom is 0.355 e. The van der Waals surface area contributed by atoms with Gasteiger partial charge in [-0.1, -0.05) is 36.4 Å². The average molecular weight is 463 g/mol. The monoisotopic (exact) mass is 463 g/mol. The molecule has 34 heavy (non-hydrogen) atoms. The van der Waals surface area contributed by atoms with Gasteiger partial charge in [0.1, 0.15) is 17.1 Å². The molecule has 1 heterocycles. The summed E-state index contributed by atoms with van der Waals surface area (Å²) in [5.74, 6) is -4.64. The highest BCUT2D eigenvalue weighted by atomic mass is 16.5. The fourth-order valence-electron chi connectivity index (χ4n) is 3.75. The van der Waals surface area contributed by atoms with Gasteiger partial charge < -0.3 is 25.1 Å². The normalized spacial score (nSPS) is 15.5. The van der Waals surface area contributed by atoms with E-state index in [0.717, 1.165) is 26.2 Å². The molecule has 3 N–H and O–H groups in total. The van der Waals surface area contributed by atoms with Crippen molar-refractivity contribution in [2.24, 2.45) is 5.73 Å². The molecule has 1 aliphatic heterocycles. The van der Waals surface area contributed by atoms with Crippen LogP contribution in [0.5, 0.6) is 5.75 Å². The zero-order chi connectivity index (χ0) is 25.0. The van der Waals surface area contributed by atoms with Gasteiger partial charge in [0.15, 0.2) is 5.75 Å². The Hall–Kier alpha value is -4.78. The lowest BCUT2D eigenvalue weighted by Gasteiger charge is -2.36. The van der Waals surface area contributed by atoms with Crippen LogP contribution in [-0.4, -0.2) is 44.3 Å². The van der Waals surface area contributed by atoms with Gasteiger partial charge in [0.2, 0.25) is 0 Å². The zero-order valence-electron chi connectivity index (χ0n) is 18.6. The summed E-state index contributed by atoms with van der Waals surface area (Å²) >= 11 is 0. The summed E-state index contributed by atoms with van der Waals surface area (Å²) in [6.45, 7) is 0. The lowest BCUT2D eigenvalue weighted by Crippen LogP contribution is -2.40. The number of hydrogen-bond donors (Lipinski definition) is 2. The van der Waals surface area contributed by atoms with Crippen molar-refractivity contribution in [2.75, 3.05) is 26.2 Å². The Balaban J connectivity index is 2.44. The van der Waals surface area contributed by atoms with E-state index in [1.807, 2.05) is 6.07 Å². The van der Waals surface area contributed by atoms with Gasteiger partial charge in [-0.15, -0.1) is 0 Å². The summed E-state index contributed by atoms with van der Waals surface area (Å²) in [7, 11) is 3.36. The van der Waals surface area contributed by atoms with Gasteiger partial charge in [0, 0.05) is 0 Å². The van der Waals surface area contributed by atoms with E-state index in [-0.39, 0.29) is 33.9 Å². The molecule has 2 aromatic carbocycles. The van der Waals surface area contributed by atoms with Crippen molar-refractivity contribution in [2.45, 2.75) is 5.92 Å². The lowest BCUT2D eigenvalue weighted by atomic mass is 9.81. The molecule has 0 bridgehead atoms. The van der Waals surface area contributed by atoms with Crippen LogP contribution in [0.1, 0.15) is 21.8 Å². The van der Waals surface area contributed by atoms with Crippen LogP contribution in [0.15, 0.2) is 71.2 Å². The van der Waals surface area contributed by atoms with E-state index < -0.39 is 29.6 Å². The van der Waals surface area contributed by atoms with Gasteiger partial charge in [-0.3, -0.25) is 4.90 Å². The second-order valence-electron chi connectivity index (χ2n) is 7.00. The van der Waals surface area contributed by atoms with E-state index in [1.165, 1.54) is 18.2 Å². The Kier molecular flexibility index (Phi) is 6.87. The second-order valence-corrected chi connectivity index (χ2v) is 7.00. The molecule has 0 saturated carbocycles. The van der Waals surface area contributed by atoms with Crippen molar-refractivity contribution in [1.82, 2.24) is 0 Å². The number of aromatic hydroxyl groups is 1. The highest BCUT2D eigenvalue weighted by molar-refractivity contribution is 6.07. The first-order valence-electron chi connectivity index (χ1n) is 9.88. The van der Waals surface area contributed by atoms with Crippen LogP contribution in [0.3, 0.4) is 0 Å². The first-order chi connectivity index (χ1) is 16.3. The number of esters is 3. The fraction of sp³-hybridized carbons (Fsp3) is 0.167. The predicted octanol–water partition coefficient (Wildman–Crippen LogP) is 2.08. The third-order valence-electron chi connectivity index (χ3n) is 5.27. The summed E-state index contributed by atoms with van der Waals surface area (Å²) in [5, 5.41) is 20.9. The van der Waals surface area contributed by atoms with E-state index >= 15 is 0 Å². The molecule has 1 aliphatic rings. The molecule has 2 aromatic rings. The predicted molar refractivity (Wildman–Crippen MR) is 119 cm³/mol. The molecule has 3 rings (SSSR count). The Morgan fingerprint density at radius 3 is 2.12 bits per heavy atom. The molecular formula is C24H21N3O7. The van der Waals surface area contributed by atoms with E-state index in [0.29, 0.717) is 5.56 Å². The van der Waals surface area contributed by atoms with Crippen LogP contribution in [0, 0.1) is 11.3 Å². The third kappa shape index (κ3) is 3.91. The largest absolute Gasteiger partial charge is 0.505 e. The zero-order valence-corrected chi connectivity index (χ0v) is 18.6.